The van der Waals surface area contributed by atoms with Crippen molar-refractivity contribution in [2.75, 3.05) is 0 Å². The minimum Gasteiger partial charge on any atom is -0.478 e. The molecule has 27 heavy (non-hydrogen) atoms. The van der Waals surface area contributed by atoms with Crippen LogP contribution in [0.2, 0.25) is 0 Å². The van der Waals surface area contributed by atoms with E-state index in [1.807, 2.05) is 6.07 Å². The number of benzene rings is 1. The number of aliphatic carboxylic acids is 1. The average molecular weight is 441 g/mol. The van der Waals surface area contributed by atoms with Crippen molar-refractivity contribution < 1.29 is 33.8 Å². The fourth-order valence-electron chi connectivity index (χ4n) is 2.15. The van der Waals surface area contributed by atoms with E-state index in [9.17, 15) is 19.2 Å². The molecular weight excluding hydrogens is 420 g/mol. The molecule has 0 amide bonds. The third kappa shape index (κ3) is 10.3. The molecule has 0 spiro atoms. The summed E-state index contributed by atoms with van der Waals surface area (Å²) in [5.74, 6) is -3.17. The second-order valence-electron chi connectivity index (χ2n) is 5.78. The summed E-state index contributed by atoms with van der Waals surface area (Å²) < 4.78 is 10.5. The zero-order valence-electron chi connectivity index (χ0n) is 14.9. The summed E-state index contributed by atoms with van der Waals surface area (Å²) >= 11 is 3.33. The zero-order chi connectivity index (χ0) is 20.2. The van der Waals surface area contributed by atoms with Gasteiger partial charge in [0.15, 0.2) is 0 Å². The molecule has 1 unspecified atom stereocenters. The van der Waals surface area contributed by atoms with Crippen molar-refractivity contribution in [2.24, 2.45) is 0 Å². The molecule has 8 heteroatoms. The van der Waals surface area contributed by atoms with E-state index in [2.05, 4.69) is 15.9 Å². The van der Waals surface area contributed by atoms with Gasteiger partial charge in [-0.1, -0.05) is 34.1 Å². The number of hydrogen-bond donors (Lipinski definition) is 1. The molecule has 146 valence electrons. The largest absolute Gasteiger partial charge is 0.478 e. The molecule has 1 aromatic carbocycles. The number of esters is 3. The van der Waals surface area contributed by atoms with E-state index in [-0.39, 0.29) is 12.8 Å². The van der Waals surface area contributed by atoms with E-state index in [4.69, 9.17) is 14.6 Å². The summed E-state index contributed by atoms with van der Waals surface area (Å²) in [6.07, 6.45) is 2.79. The Labute approximate surface area is 165 Å². The summed E-state index contributed by atoms with van der Waals surface area (Å²) in [4.78, 5) is 45.1. The second kappa shape index (κ2) is 12.0. The number of unbranched alkanes of at least 4 members (excludes halogenated alkanes) is 1. The van der Waals surface area contributed by atoms with Gasteiger partial charge in [0.25, 0.3) is 0 Å². The van der Waals surface area contributed by atoms with Crippen LogP contribution < -0.4 is 0 Å². The average Bonchev–Trinajstić information content (AvgIpc) is 2.59. The fraction of sp³-hybridized carbons (Fsp3) is 0.368. The second-order valence-corrected chi connectivity index (χ2v) is 6.63. The predicted molar refractivity (Wildman–Crippen MR) is 99.7 cm³/mol. The van der Waals surface area contributed by atoms with Crippen LogP contribution in [0.25, 0.3) is 0 Å². The van der Waals surface area contributed by atoms with Crippen LogP contribution in [0.1, 0.15) is 38.2 Å². The number of rotatable bonds is 10. The Hall–Kier alpha value is -2.48. The van der Waals surface area contributed by atoms with E-state index in [1.165, 1.54) is 0 Å². The van der Waals surface area contributed by atoms with Crippen LogP contribution in [0.5, 0.6) is 0 Å². The molecule has 1 N–H and O–H groups in total. The van der Waals surface area contributed by atoms with E-state index in [0.717, 1.165) is 16.1 Å². The number of ether oxygens (including phenoxy) is 2. The van der Waals surface area contributed by atoms with E-state index < -0.39 is 30.0 Å². The molecule has 0 aliphatic rings. The first-order chi connectivity index (χ1) is 12.8. The van der Waals surface area contributed by atoms with Crippen molar-refractivity contribution in [3.63, 3.8) is 0 Å². The van der Waals surface area contributed by atoms with Gasteiger partial charge in [0.05, 0.1) is 12.5 Å². The predicted octanol–water partition coefficient (Wildman–Crippen LogP) is 3.19. The first-order valence-electron chi connectivity index (χ1n) is 8.36. The van der Waals surface area contributed by atoms with E-state index in [1.54, 1.807) is 25.1 Å². The van der Waals surface area contributed by atoms with Gasteiger partial charge in [-0.25, -0.2) is 9.59 Å². The number of carbonyl (C=O) groups is 4. The molecule has 1 rings (SSSR count). The first kappa shape index (κ1) is 22.6. The monoisotopic (exact) mass is 440 g/mol. The topological polar surface area (TPSA) is 107 Å². The van der Waals surface area contributed by atoms with E-state index >= 15 is 0 Å². The Balaban J connectivity index is 2.21. The van der Waals surface area contributed by atoms with Gasteiger partial charge in [-0.3, -0.25) is 9.59 Å². The molecule has 7 nitrogen and oxygen atoms in total. The lowest BCUT2D eigenvalue weighted by Gasteiger charge is -2.11. The van der Waals surface area contributed by atoms with Crippen LogP contribution in [0.4, 0.5) is 0 Å². The minimum absolute atomic E-state index is 0.00398. The van der Waals surface area contributed by atoms with Crippen molar-refractivity contribution in [1.82, 2.24) is 0 Å². The highest BCUT2D eigenvalue weighted by Crippen LogP contribution is 2.17. The summed E-state index contributed by atoms with van der Waals surface area (Å²) in [6.45, 7) is 1.67. The molecule has 0 radical (unpaired) electrons. The Morgan fingerprint density at radius 1 is 1.11 bits per heavy atom. The van der Waals surface area contributed by atoms with Crippen molar-refractivity contribution in [2.45, 2.75) is 45.1 Å². The maximum Gasteiger partial charge on any atom is 0.331 e. The van der Waals surface area contributed by atoms with Crippen molar-refractivity contribution in [3.8, 4) is 0 Å². The van der Waals surface area contributed by atoms with Gasteiger partial charge in [0.2, 0.25) is 0 Å². The minimum atomic E-state index is -1.23. The smallest absolute Gasteiger partial charge is 0.331 e. The van der Waals surface area contributed by atoms with Gasteiger partial charge in [-0.15, -0.1) is 0 Å². The highest BCUT2D eigenvalue weighted by Gasteiger charge is 2.13. The van der Waals surface area contributed by atoms with Crippen molar-refractivity contribution >= 4 is 39.8 Å². The lowest BCUT2D eigenvalue weighted by molar-refractivity contribution is -0.159. The van der Waals surface area contributed by atoms with Gasteiger partial charge in [0.1, 0.15) is 0 Å². The van der Waals surface area contributed by atoms with E-state index in [0.29, 0.717) is 25.3 Å². The van der Waals surface area contributed by atoms with Crippen LogP contribution in [0.3, 0.4) is 0 Å². The van der Waals surface area contributed by atoms with Crippen LogP contribution in [0.15, 0.2) is 40.9 Å². The van der Waals surface area contributed by atoms with Crippen molar-refractivity contribution in [3.05, 3.63) is 46.5 Å². The number of carboxylic acids is 1. The molecule has 1 atom stereocenters. The lowest BCUT2D eigenvalue weighted by Crippen LogP contribution is -2.15. The van der Waals surface area contributed by atoms with Gasteiger partial charge < -0.3 is 14.6 Å². The molecular formula is C19H21BrO7. The van der Waals surface area contributed by atoms with Gasteiger partial charge in [-0.2, -0.15) is 0 Å². The molecule has 0 aliphatic carbocycles. The highest BCUT2D eigenvalue weighted by atomic mass is 79.9. The Kier molecular flexibility index (Phi) is 10.0. The summed E-state index contributed by atoms with van der Waals surface area (Å²) in [7, 11) is 0. The van der Waals surface area contributed by atoms with Crippen LogP contribution in [-0.2, 0) is 35.1 Å². The lowest BCUT2D eigenvalue weighted by atomic mass is 10.1. The quantitative estimate of drug-likeness (QED) is 0.257. The standard InChI is InChI=1S/C19H21BrO7/c1-13(26-18(24)11-10-16(21)22)6-2-5-9-17(23)27-19(25)12-14-7-3-4-8-15(14)20/h3-4,7-8,10-11,13H,2,5-6,9,12H2,1H3,(H,21,22)/b11-10-. The Bertz CT molecular complexity index is 712. The molecule has 0 fully saturated rings. The summed E-state index contributed by atoms with van der Waals surface area (Å²) in [5.41, 5.74) is 0.739. The molecule has 1 aromatic rings. The Morgan fingerprint density at radius 2 is 1.81 bits per heavy atom. The molecule has 0 bridgehead atoms. The number of carboxylic acid groups (broad SMARTS) is 1. The number of hydrogen-bond acceptors (Lipinski definition) is 6. The van der Waals surface area contributed by atoms with Crippen molar-refractivity contribution in [1.29, 1.82) is 0 Å². The third-order valence-corrected chi connectivity index (χ3v) is 4.21. The fourth-order valence-corrected chi connectivity index (χ4v) is 2.57. The van der Waals surface area contributed by atoms with Crippen LogP contribution in [0, 0.1) is 0 Å². The molecule has 0 aromatic heterocycles. The molecule has 0 heterocycles. The Morgan fingerprint density at radius 3 is 2.48 bits per heavy atom. The molecule has 0 aliphatic heterocycles. The SMILES string of the molecule is CC(CCCCC(=O)OC(=O)Cc1ccccc1Br)OC(=O)/C=C\C(=O)O. The maximum atomic E-state index is 11.8. The molecule has 0 saturated heterocycles. The normalized spacial score (nSPS) is 11.8. The summed E-state index contributed by atoms with van der Waals surface area (Å²) in [6, 6.07) is 7.19. The third-order valence-electron chi connectivity index (χ3n) is 3.44. The first-order valence-corrected chi connectivity index (χ1v) is 9.15. The summed E-state index contributed by atoms with van der Waals surface area (Å²) in [5, 5.41) is 8.42. The van der Waals surface area contributed by atoms with Crippen LogP contribution in [-0.4, -0.2) is 35.1 Å². The number of halogens is 1. The zero-order valence-corrected chi connectivity index (χ0v) is 16.4. The van der Waals surface area contributed by atoms with Crippen LogP contribution >= 0.6 is 15.9 Å². The van der Waals surface area contributed by atoms with Gasteiger partial charge in [-0.05, 0) is 37.8 Å². The maximum absolute atomic E-state index is 11.8. The molecule has 0 saturated carbocycles. The highest BCUT2D eigenvalue weighted by molar-refractivity contribution is 9.10. The van der Waals surface area contributed by atoms with Gasteiger partial charge >= 0.3 is 23.9 Å². The van der Waals surface area contributed by atoms with Gasteiger partial charge in [0, 0.05) is 23.0 Å². The number of carbonyl (C=O) groups excluding carboxylic acids is 3.